The van der Waals surface area contributed by atoms with Crippen molar-refractivity contribution in [1.82, 2.24) is 14.6 Å². The van der Waals surface area contributed by atoms with Crippen LogP contribution >= 0.6 is 0 Å². The van der Waals surface area contributed by atoms with Gasteiger partial charge in [0.1, 0.15) is 0 Å². The van der Waals surface area contributed by atoms with Crippen molar-refractivity contribution in [3.05, 3.63) is 29.1 Å². The highest BCUT2D eigenvalue weighted by molar-refractivity contribution is 7.89. The van der Waals surface area contributed by atoms with Gasteiger partial charge >= 0.3 is 0 Å². The molecular formula is C15H23N3O4S. The summed E-state index contributed by atoms with van der Waals surface area (Å²) in [5.41, 5.74) is 2.06. The lowest BCUT2D eigenvalue weighted by Gasteiger charge is -2.21. The maximum atomic E-state index is 12.4. The van der Waals surface area contributed by atoms with Crippen LogP contribution in [0.4, 0.5) is 0 Å². The number of amides is 1. The third-order valence-corrected chi connectivity index (χ3v) is 5.80. The Morgan fingerprint density at radius 1 is 1.30 bits per heavy atom. The number of hydrogen-bond acceptors (Lipinski definition) is 5. The van der Waals surface area contributed by atoms with E-state index in [-0.39, 0.29) is 23.6 Å². The Balaban J connectivity index is 2.07. The molecule has 1 aromatic rings. The number of carbonyl (C=O) groups excluding carboxylic acids is 1. The van der Waals surface area contributed by atoms with E-state index in [2.05, 4.69) is 10.3 Å². The molecule has 1 aliphatic heterocycles. The van der Waals surface area contributed by atoms with Crippen molar-refractivity contribution in [3.8, 4) is 0 Å². The first-order valence-electron chi connectivity index (χ1n) is 7.43. The van der Waals surface area contributed by atoms with Gasteiger partial charge in [-0.25, -0.2) is 12.7 Å². The van der Waals surface area contributed by atoms with Crippen LogP contribution in [0.3, 0.4) is 0 Å². The first-order chi connectivity index (χ1) is 10.7. The van der Waals surface area contributed by atoms with Gasteiger partial charge in [0.25, 0.3) is 5.91 Å². The Labute approximate surface area is 137 Å². The van der Waals surface area contributed by atoms with Crippen LogP contribution in [0.25, 0.3) is 0 Å². The number of carbonyl (C=O) groups is 1. The molecule has 0 saturated carbocycles. The van der Waals surface area contributed by atoms with E-state index in [0.717, 1.165) is 11.4 Å². The molecule has 1 fully saturated rings. The molecular weight excluding hydrogens is 318 g/mol. The number of hydrogen-bond donors (Lipinski definition) is 1. The largest absolute Gasteiger partial charge is 0.379 e. The van der Waals surface area contributed by atoms with Crippen molar-refractivity contribution in [2.45, 2.75) is 19.9 Å². The highest BCUT2D eigenvalue weighted by Gasteiger charge is 2.34. The van der Waals surface area contributed by atoms with E-state index >= 15 is 0 Å². The number of ether oxygens (including phenoxy) is 1. The summed E-state index contributed by atoms with van der Waals surface area (Å²) in [4.78, 5) is 16.6. The second kappa shape index (κ2) is 6.94. The molecule has 1 N–H and O–H groups in total. The Morgan fingerprint density at radius 2 is 1.91 bits per heavy atom. The lowest BCUT2D eigenvalue weighted by molar-refractivity contribution is 0.0925. The SMILES string of the molecule is Cc1cc(C(=O)N[C@H]2COC[C@H]2CS(=O)(=O)N(C)C)cc(C)n1. The molecule has 1 amide bonds. The van der Waals surface area contributed by atoms with Crippen LogP contribution < -0.4 is 5.32 Å². The molecule has 128 valence electrons. The number of pyridine rings is 1. The number of rotatable bonds is 5. The average molecular weight is 341 g/mol. The first kappa shape index (κ1) is 17.8. The van der Waals surface area contributed by atoms with Crippen molar-refractivity contribution in [2.75, 3.05) is 33.1 Å². The minimum Gasteiger partial charge on any atom is -0.379 e. The number of sulfonamides is 1. The summed E-state index contributed by atoms with van der Waals surface area (Å²) in [7, 11) is -0.334. The fourth-order valence-corrected chi connectivity index (χ4v) is 3.73. The highest BCUT2D eigenvalue weighted by Crippen LogP contribution is 2.18. The van der Waals surface area contributed by atoms with Gasteiger partial charge in [0.05, 0.1) is 25.0 Å². The molecule has 0 aliphatic carbocycles. The maximum Gasteiger partial charge on any atom is 0.251 e. The van der Waals surface area contributed by atoms with E-state index < -0.39 is 10.0 Å². The standard InChI is InChI=1S/C15H23N3O4S/c1-10-5-12(6-11(2)16-10)15(19)17-14-8-22-7-13(14)9-23(20,21)18(3)4/h5-6,13-14H,7-9H2,1-4H3,(H,17,19)/t13-,14-/m0/s1. The number of nitrogens with zero attached hydrogens (tertiary/aromatic N) is 2. The normalized spacial score (nSPS) is 21.6. The quantitative estimate of drug-likeness (QED) is 0.834. The molecule has 0 radical (unpaired) electrons. The van der Waals surface area contributed by atoms with Crippen LogP contribution in [0.2, 0.25) is 0 Å². The van der Waals surface area contributed by atoms with Gasteiger partial charge in [-0.3, -0.25) is 9.78 Å². The van der Waals surface area contributed by atoms with Crippen molar-refractivity contribution >= 4 is 15.9 Å². The molecule has 0 spiro atoms. The zero-order chi connectivity index (χ0) is 17.2. The van der Waals surface area contributed by atoms with Crippen molar-refractivity contribution in [2.24, 2.45) is 5.92 Å². The molecule has 7 nitrogen and oxygen atoms in total. The van der Waals surface area contributed by atoms with Crippen LogP contribution in [0.1, 0.15) is 21.7 Å². The van der Waals surface area contributed by atoms with Crippen LogP contribution in [0.15, 0.2) is 12.1 Å². The van der Waals surface area contributed by atoms with Gasteiger partial charge in [0.15, 0.2) is 0 Å². The van der Waals surface area contributed by atoms with Gasteiger partial charge < -0.3 is 10.1 Å². The summed E-state index contributed by atoms with van der Waals surface area (Å²) in [6, 6.07) is 3.11. The Hall–Kier alpha value is -1.51. The molecule has 2 rings (SSSR count). The fraction of sp³-hybridized carbons (Fsp3) is 0.600. The van der Waals surface area contributed by atoms with Crippen LogP contribution in [0, 0.1) is 19.8 Å². The molecule has 8 heteroatoms. The van der Waals surface area contributed by atoms with Crippen LogP contribution in [0.5, 0.6) is 0 Å². The van der Waals surface area contributed by atoms with Crippen LogP contribution in [-0.4, -0.2) is 62.7 Å². The molecule has 2 atom stereocenters. The molecule has 0 aromatic carbocycles. The minimum absolute atomic E-state index is 0.0423. The highest BCUT2D eigenvalue weighted by atomic mass is 32.2. The molecule has 0 unspecified atom stereocenters. The summed E-state index contributed by atoms with van der Waals surface area (Å²) in [5.74, 6) is -0.531. The predicted molar refractivity (Wildman–Crippen MR) is 86.7 cm³/mol. The summed E-state index contributed by atoms with van der Waals surface area (Å²) in [5, 5.41) is 2.89. The second-order valence-corrected chi connectivity index (χ2v) is 8.30. The van der Waals surface area contributed by atoms with Crippen molar-refractivity contribution in [1.29, 1.82) is 0 Å². The average Bonchev–Trinajstić information content (AvgIpc) is 2.84. The van der Waals surface area contributed by atoms with Gasteiger partial charge in [-0.05, 0) is 26.0 Å². The fourth-order valence-electron chi connectivity index (χ4n) is 2.56. The van der Waals surface area contributed by atoms with Crippen molar-refractivity contribution in [3.63, 3.8) is 0 Å². The summed E-state index contributed by atoms with van der Waals surface area (Å²) in [6.45, 7) is 4.30. The third kappa shape index (κ3) is 4.49. The lowest BCUT2D eigenvalue weighted by Crippen LogP contribution is -2.43. The smallest absolute Gasteiger partial charge is 0.251 e. The molecule has 0 bridgehead atoms. The predicted octanol–water partition coefficient (Wildman–Crippen LogP) is 0.335. The zero-order valence-electron chi connectivity index (χ0n) is 13.9. The van der Waals surface area contributed by atoms with Crippen LogP contribution in [-0.2, 0) is 14.8 Å². The third-order valence-electron chi connectivity index (χ3n) is 3.84. The van der Waals surface area contributed by atoms with Gasteiger partial charge in [-0.2, -0.15) is 0 Å². The summed E-state index contributed by atoms with van der Waals surface area (Å²) >= 11 is 0. The Bertz CT molecular complexity index is 668. The van der Waals surface area contributed by atoms with Gasteiger partial charge in [0, 0.05) is 37.0 Å². The topological polar surface area (TPSA) is 88.6 Å². The van der Waals surface area contributed by atoms with Crippen molar-refractivity contribution < 1.29 is 17.9 Å². The van der Waals surface area contributed by atoms with E-state index in [1.807, 2.05) is 13.8 Å². The summed E-state index contributed by atoms with van der Waals surface area (Å²) < 4.78 is 30.6. The number of aromatic nitrogens is 1. The molecule has 1 aliphatic rings. The monoisotopic (exact) mass is 341 g/mol. The van der Waals surface area contributed by atoms with Gasteiger partial charge in [-0.1, -0.05) is 0 Å². The first-order valence-corrected chi connectivity index (χ1v) is 9.04. The molecule has 2 heterocycles. The van der Waals surface area contributed by atoms with E-state index in [9.17, 15) is 13.2 Å². The Kier molecular flexibility index (Phi) is 5.38. The lowest BCUT2D eigenvalue weighted by atomic mass is 10.1. The van der Waals surface area contributed by atoms with Gasteiger partial charge in [-0.15, -0.1) is 0 Å². The molecule has 1 saturated heterocycles. The number of nitrogens with one attached hydrogen (secondary N) is 1. The number of aryl methyl sites for hydroxylation is 2. The van der Waals surface area contributed by atoms with E-state index in [4.69, 9.17) is 4.74 Å². The summed E-state index contributed by atoms with van der Waals surface area (Å²) in [6.07, 6.45) is 0. The molecule has 1 aromatic heterocycles. The zero-order valence-corrected chi connectivity index (χ0v) is 14.7. The maximum absolute atomic E-state index is 12.4. The Morgan fingerprint density at radius 3 is 2.48 bits per heavy atom. The van der Waals surface area contributed by atoms with E-state index in [1.165, 1.54) is 18.4 Å². The van der Waals surface area contributed by atoms with Gasteiger partial charge in [0.2, 0.25) is 10.0 Å². The second-order valence-electron chi connectivity index (χ2n) is 6.08. The molecule has 23 heavy (non-hydrogen) atoms. The van der Waals surface area contributed by atoms with E-state index in [1.54, 1.807) is 12.1 Å². The minimum atomic E-state index is -3.34. The van der Waals surface area contributed by atoms with E-state index in [0.29, 0.717) is 18.8 Å².